The van der Waals surface area contributed by atoms with E-state index in [9.17, 15) is 23.1 Å². The van der Waals surface area contributed by atoms with E-state index in [2.05, 4.69) is 5.10 Å². The van der Waals surface area contributed by atoms with Crippen molar-refractivity contribution in [2.45, 2.75) is 38.1 Å². The van der Waals surface area contributed by atoms with Crippen LogP contribution in [0.3, 0.4) is 0 Å². The third kappa shape index (κ3) is 3.06. The quantitative estimate of drug-likeness (QED) is 0.676. The lowest BCUT2D eigenvalue weighted by molar-refractivity contribution is -0.246. The summed E-state index contributed by atoms with van der Waals surface area (Å²) in [5, 5.41) is 15.1. The van der Waals surface area contributed by atoms with E-state index in [1.54, 1.807) is 35.3 Å². The van der Waals surface area contributed by atoms with Gasteiger partial charge in [-0.1, -0.05) is 42.5 Å². The predicted octanol–water partition coefficient (Wildman–Crippen LogP) is 4.70. The lowest BCUT2D eigenvalue weighted by atomic mass is 9.89. The van der Waals surface area contributed by atoms with Gasteiger partial charge in [0.05, 0.1) is 6.20 Å². The van der Waals surface area contributed by atoms with Crippen molar-refractivity contribution in [3.63, 3.8) is 0 Å². The van der Waals surface area contributed by atoms with Crippen LogP contribution in [0.5, 0.6) is 0 Å². The minimum absolute atomic E-state index is 0.0984. The molecule has 1 heterocycles. The van der Waals surface area contributed by atoms with Gasteiger partial charge < -0.3 is 9.90 Å². The zero-order valence-corrected chi connectivity index (χ0v) is 15.7. The van der Waals surface area contributed by atoms with Gasteiger partial charge in [0, 0.05) is 35.9 Å². The van der Waals surface area contributed by atoms with Gasteiger partial charge in [0.15, 0.2) is 0 Å². The summed E-state index contributed by atoms with van der Waals surface area (Å²) in [5.74, 6) is 0.0984. The highest BCUT2D eigenvalue weighted by Gasteiger charge is 2.61. The molecule has 1 N–H and O–H groups in total. The Kier molecular flexibility index (Phi) is 4.58. The highest BCUT2D eigenvalue weighted by Crippen LogP contribution is 2.56. The first-order chi connectivity index (χ1) is 13.7. The molecule has 0 saturated heterocycles. The lowest BCUT2D eigenvalue weighted by Gasteiger charge is -2.28. The maximum absolute atomic E-state index is 14.0. The maximum atomic E-state index is 14.0. The van der Waals surface area contributed by atoms with Crippen LogP contribution in [0.4, 0.5) is 13.2 Å². The van der Waals surface area contributed by atoms with Crippen LogP contribution in [0.15, 0.2) is 54.9 Å². The number of aromatic nitrogens is 2. The van der Waals surface area contributed by atoms with Crippen LogP contribution in [0.25, 0.3) is 22.3 Å². The van der Waals surface area contributed by atoms with Crippen molar-refractivity contribution in [2.24, 2.45) is 0 Å². The Morgan fingerprint density at radius 2 is 1.79 bits per heavy atom. The van der Waals surface area contributed by atoms with Crippen LogP contribution >= 0.6 is 0 Å². The molecule has 1 aliphatic rings. The predicted molar refractivity (Wildman–Crippen MR) is 102 cm³/mol. The molecule has 0 amide bonds. The molecule has 7 heteroatoms. The fraction of sp³-hybridized carbons (Fsp3) is 0.273. The lowest BCUT2D eigenvalue weighted by Crippen LogP contribution is -2.41. The van der Waals surface area contributed by atoms with Crippen LogP contribution in [-0.2, 0) is 16.9 Å². The fourth-order valence-corrected chi connectivity index (χ4v) is 3.97. The van der Waals surface area contributed by atoms with E-state index >= 15 is 0 Å². The average molecular weight is 400 g/mol. The van der Waals surface area contributed by atoms with Gasteiger partial charge in [0.1, 0.15) is 5.78 Å². The van der Waals surface area contributed by atoms with Gasteiger partial charge in [-0.3, -0.25) is 4.68 Å². The molecule has 0 radical (unpaired) electrons. The summed E-state index contributed by atoms with van der Waals surface area (Å²) in [6.45, 7) is 2.07. The molecule has 1 unspecified atom stereocenters. The Morgan fingerprint density at radius 1 is 1.10 bits per heavy atom. The molecule has 150 valence electrons. The number of fused-ring (bicyclic) bond motifs is 3. The Hall–Kier alpha value is -2.93. The van der Waals surface area contributed by atoms with E-state index in [1.165, 1.54) is 31.2 Å². The van der Waals surface area contributed by atoms with Crippen molar-refractivity contribution >= 4 is 5.78 Å². The summed E-state index contributed by atoms with van der Waals surface area (Å²) in [5.41, 5.74) is -1.42. The van der Waals surface area contributed by atoms with Gasteiger partial charge in [-0.05, 0) is 30.0 Å². The van der Waals surface area contributed by atoms with E-state index in [4.69, 9.17) is 0 Å². The Morgan fingerprint density at radius 3 is 2.52 bits per heavy atom. The molecule has 2 aromatic carbocycles. The van der Waals surface area contributed by atoms with Crippen molar-refractivity contribution in [1.82, 2.24) is 9.78 Å². The number of nitrogens with zero attached hydrogens (tertiary/aromatic N) is 2. The minimum Gasteiger partial charge on any atom is -0.372 e. The molecular weight excluding hydrogens is 381 g/mol. The molecule has 0 spiro atoms. The van der Waals surface area contributed by atoms with Crippen LogP contribution < -0.4 is 0 Å². The van der Waals surface area contributed by atoms with Gasteiger partial charge >= 0.3 is 6.18 Å². The summed E-state index contributed by atoms with van der Waals surface area (Å²) < 4.78 is 43.5. The van der Waals surface area contributed by atoms with Gasteiger partial charge in [-0.15, -0.1) is 0 Å². The highest BCUT2D eigenvalue weighted by molar-refractivity contribution is 5.92. The van der Waals surface area contributed by atoms with Crippen molar-refractivity contribution in [2.75, 3.05) is 0 Å². The largest absolute Gasteiger partial charge is 0.425 e. The number of ketones is 1. The number of aryl methyl sites for hydroxylation is 1. The Labute approximate surface area is 165 Å². The Balaban J connectivity index is 1.81. The number of carbonyl (C=O) groups is 1. The first-order valence-corrected chi connectivity index (χ1v) is 9.28. The number of benzene rings is 2. The molecule has 0 aliphatic heterocycles. The number of carbonyl (C=O) groups excluding carboxylic acids is 1. The molecule has 1 aromatic heterocycles. The molecular formula is C22H19F3N2O2. The summed E-state index contributed by atoms with van der Waals surface area (Å²) >= 11 is 0. The second kappa shape index (κ2) is 6.84. The first-order valence-electron chi connectivity index (χ1n) is 9.28. The minimum atomic E-state index is -4.86. The highest BCUT2D eigenvalue weighted by atomic mass is 19.4. The van der Waals surface area contributed by atoms with Crippen LogP contribution in [0, 0.1) is 0 Å². The van der Waals surface area contributed by atoms with E-state index in [0.717, 1.165) is 0 Å². The summed E-state index contributed by atoms with van der Waals surface area (Å²) in [6.07, 6.45) is -0.425. The summed E-state index contributed by atoms with van der Waals surface area (Å²) in [6, 6.07) is 10.6. The third-order valence-corrected chi connectivity index (χ3v) is 5.31. The van der Waals surface area contributed by atoms with E-state index in [-0.39, 0.29) is 16.9 Å². The van der Waals surface area contributed by atoms with Crippen molar-refractivity contribution in [3.05, 3.63) is 66.0 Å². The monoisotopic (exact) mass is 400 g/mol. The second-order valence-corrected chi connectivity index (χ2v) is 7.28. The number of hydrogen-bond acceptors (Lipinski definition) is 3. The topological polar surface area (TPSA) is 55.1 Å². The van der Waals surface area contributed by atoms with Gasteiger partial charge in [0.25, 0.3) is 0 Å². The molecule has 1 aliphatic carbocycles. The Bertz CT molecular complexity index is 1090. The number of alkyl halides is 3. The molecule has 0 bridgehead atoms. The molecule has 0 saturated carbocycles. The number of halogens is 3. The maximum Gasteiger partial charge on any atom is 0.425 e. The molecule has 0 fully saturated rings. The standard InChI is InChI=1S/C22H19F3N2O2/c1-14(28)6-5-11-27-13-15(12-26-27)16-8-4-10-19-20(16)17-7-2-3-9-18(17)21(19,29)22(23,24)25/h2-4,7-10,12-13,29H,5-6,11H2,1H3. The number of hydrogen-bond donors (Lipinski definition) is 1. The third-order valence-electron chi connectivity index (χ3n) is 5.31. The van der Waals surface area contributed by atoms with Gasteiger partial charge in [0.2, 0.25) is 5.60 Å². The molecule has 4 rings (SSSR count). The second-order valence-electron chi connectivity index (χ2n) is 7.28. The van der Waals surface area contributed by atoms with Crippen LogP contribution in [-0.4, -0.2) is 26.8 Å². The first kappa shape index (κ1) is 19.4. The zero-order chi connectivity index (χ0) is 20.8. The molecule has 1 atom stereocenters. The molecule has 4 nitrogen and oxygen atoms in total. The van der Waals surface area contributed by atoms with E-state index < -0.39 is 11.8 Å². The van der Waals surface area contributed by atoms with Gasteiger partial charge in [-0.2, -0.15) is 18.3 Å². The smallest absolute Gasteiger partial charge is 0.372 e. The molecule has 3 aromatic rings. The summed E-state index contributed by atoms with van der Waals surface area (Å²) in [4.78, 5) is 11.1. The van der Waals surface area contributed by atoms with E-state index in [0.29, 0.717) is 41.6 Å². The number of Topliss-reactive ketones (excluding diaryl/α,β-unsaturated/α-hetero) is 1. The van der Waals surface area contributed by atoms with E-state index in [1.807, 2.05) is 0 Å². The van der Waals surface area contributed by atoms with Crippen LogP contribution in [0.2, 0.25) is 0 Å². The average Bonchev–Trinajstić information content (AvgIpc) is 3.24. The van der Waals surface area contributed by atoms with Gasteiger partial charge in [-0.25, -0.2) is 0 Å². The molecule has 29 heavy (non-hydrogen) atoms. The number of aliphatic hydroxyl groups is 1. The zero-order valence-electron chi connectivity index (χ0n) is 15.7. The number of rotatable bonds is 5. The van der Waals surface area contributed by atoms with Crippen molar-refractivity contribution in [1.29, 1.82) is 0 Å². The van der Waals surface area contributed by atoms with Crippen LogP contribution in [0.1, 0.15) is 30.9 Å². The fourth-order valence-electron chi connectivity index (χ4n) is 3.97. The SMILES string of the molecule is CC(=O)CCCn1cc(-c2cccc3c2-c2ccccc2C3(O)C(F)(F)F)cn1. The van der Waals surface area contributed by atoms with Crippen molar-refractivity contribution < 1.29 is 23.1 Å². The normalized spacial score (nSPS) is 17.8. The summed E-state index contributed by atoms with van der Waals surface area (Å²) in [7, 11) is 0. The van der Waals surface area contributed by atoms with Crippen molar-refractivity contribution in [3.8, 4) is 22.3 Å².